The highest BCUT2D eigenvalue weighted by Gasteiger charge is 2.86. The highest BCUT2D eigenvalue weighted by molar-refractivity contribution is 6.23. The Balaban J connectivity index is 1.56. The predicted molar refractivity (Wildman–Crippen MR) is 136 cm³/mol. The van der Waals surface area contributed by atoms with Gasteiger partial charge in [0.05, 0.1) is 12.8 Å². The van der Waals surface area contributed by atoms with Crippen LogP contribution in [-0.2, 0) is 23.9 Å². The summed E-state index contributed by atoms with van der Waals surface area (Å²) in [6, 6.07) is -0.0172. The summed E-state index contributed by atoms with van der Waals surface area (Å²) < 4.78 is 11.1. The van der Waals surface area contributed by atoms with Crippen molar-refractivity contribution in [2.45, 2.75) is 81.7 Å². The molecule has 7 atom stereocenters. The highest BCUT2D eigenvalue weighted by Crippen LogP contribution is 2.61. The van der Waals surface area contributed by atoms with Crippen molar-refractivity contribution < 1.29 is 29.0 Å². The zero-order chi connectivity index (χ0) is 26.8. The number of esters is 1. The molecule has 2 saturated heterocycles. The average molecular weight is 520 g/mol. The first-order chi connectivity index (χ1) is 17.7. The van der Waals surface area contributed by atoms with Crippen LogP contribution in [0.5, 0.6) is 0 Å². The van der Waals surface area contributed by atoms with Crippen LogP contribution in [0.4, 0.5) is 0 Å². The normalized spacial score (nSPS) is 36.9. The molecule has 0 radical (unpaired) electrons. The summed E-state index contributed by atoms with van der Waals surface area (Å²) in [7, 11) is 1.62. The maximum atomic E-state index is 13.7. The quantitative estimate of drug-likeness (QED) is 0.0689. The van der Waals surface area contributed by atoms with Gasteiger partial charge in [-0.25, -0.2) is 4.79 Å². The molecule has 2 aliphatic heterocycles. The van der Waals surface area contributed by atoms with E-state index in [4.69, 9.17) is 26.0 Å². The minimum Gasteiger partial charge on any atom is -0.461 e. The Morgan fingerprint density at radius 1 is 1.30 bits per heavy atom. The molecule has 0 bridgehead atoms. The Morgan fingerprint density at radius 2 is 2.00 bits per heavy atom. The van der Waals surface area contributed by atoms with Crippen LogP contribution in [0.1, 0.15) is 58.3 Å². The van der Waals surface area contributed by atoms with E-state index in [1.54, 1.807) is 7.05 Å². The molecular formula is C26H41N5O6. The number of rotatable bonds is 9. The number of carbonyl (C=O) groups is 3. The van der Waals surface area contributed by atoms with Crippen LogP contribution in [0.25, 0.3) is 0 Å². The number of hydrogen-bond acceptors (Lipinski definition) is 9. The Bertz CT molecular complexity index is 969. The standard InChI is InChI=1S/C26H41N5O6/c1-15(13-19(31-24(28)29-2)16-8-10-30-20(27)14-16)7-9-25-21(33)17-5-3-4-6-18(17)22(34)26(25,37-25)23(35)36-12-11-32/h7,16-20,30,32H,3-6,8-14,27H2,1-2H3,(H3,28,29,31)/t16?,17?,18?,19-,20?,25-,26-/m0/s1. The van der Waals surface area contributed by atoms with E-state index in [9.17, 15) is 14.4 Å². The second kappa shape index (κ2) is 11.2. The smallest absolute Gasteiger partial charge is 0.350 e. The van der Waals surface area contributed by atoms with Crippen molar-refractivity contribution >= 4 is 23.5 Å². The van der Waals surface area contributed by atoms with Crippen LogP contribution in [-0.4, -0.2) is 78.8 Å². The monoisotopic (exact) mass is 519 g/mol. The molecule has 0 aromatic carbocycles. The second-order valence-corrected chi connectivity index (χ2v) is 10.9. The van der Waals surface area contributed by atoms with E-state index < -0.39 is 29.0 Å². The summed E-state index contributed by atoms with van der Waals surface area (Å²) >= 11 is 0. The van der Waals surface area contributed by atoms with E-state index in [1.807, 2.05) is 13.0 Å². The third kappa shape index (κ3) is 5.06. The number of carbonyl (C=O) groups excluding carboxylic acids is 3. The van der Waals surface area contributed by atoms with E-state index in [2.05, 4.69) is 15.6 Å². The Labute approximate surface area is 217 Å². The molecule has 4 rings (SSSR count). The first-order valence-corrected chi connectivity index (χ1v) is 13.4. The van der Waals surface area contributed by atoms with Gasteiger partial charge in [0, 0.05) is 31.3 Å². The van der Waals surface area contributed by atoms with Gasteiger partial charge >= 0.3 is 5.97 Å². The lowest BCUT2D eigenvalue weighted by Gasteiger charge is -2.36. The number of ketones is 2. The Hall–Kier alpha value is -2.34. The zero-order valence-electron chi connectivity index (χ0n) is 21.8. The maximum Gasteiger partial charge on any atom is 0.350 e. The summed E-state index contributed by atoms with van der Waals surface area (Å²) in [5.74, 6) is -1.73. The molecule has 11 heteroatoms. The van der Waals surface area contributed by atoms with E-state index in [0.29, 0.717) is 25.2 Å². The summed E-state index contributed by atoms with van der Waals surface area (Å²) in [4.78, 5) is 44.4. The minimum atomic E-state index is -1.91. The maximum absolute atomic E-state index is 13.7. The SMILES string of the molecule is CN=C(N)N[C@@H](CC(C)=CC[C@@]12O[C@]1(C(=O)OCCO)C(=O)C1CCCCC1C2=O)C1CCNC(N)C1. The van der Waals surface area contributed by atoms with Gasteiger partial charge in [-0.05, 0) is 51.5 Å². The van der Waals surface area contributed by atoms with Gasteiger partial charge in [0.25, 0.3) is 5.60 Å². The molecule has 37 heavy (non-hydrogen) atoms. The molecule has 206 valence electrons. The van der Waals surface area contributed by atoms with Crippen molar-refractivity contribution in [1.82, 2.24) is 10.6 Å². The fraction of sp³-hybridized carbons (Fsp3) is 0.769. The van der Waals surface area contributed by atoms with E-state index >= 15 is 0 Å². The predicted octanol–water partition coefficient (Wildman–Crippen LogP) is -0.0985. The molecule has 7 N–H and O–H groups in total. The molecule has 4 unspecified atom stereocenters. The van der Waals surface area contributed by atoms with Crippen molar-refractivity contribution in [2.75, 3.05) is 26.8 Å². The van der Waals surface area contributed by atoms with Crippen LogP contribution in [0, 0.1) is 17.8 Å². The van der Waals surface area contributed by atoms with Gasteiger partial charge in [-0.3, -0.25) is 14.6 Å². The number of ether oxygens (including phenoxy) is 2. The molecule has 0 aromatic heterocycles. The molecule has 2 heterocycles. The van der Waals surface area contributed by atoms with Gasteiger partial charge in [0.2, 0.25) is 0 Å². The lowest BCUT2D eigenvalue weighted by Crippen LogP contribution is -2.58. The number of nitrogens with one attached hydrogen (secondary N) is 2. The summed E-state index contributed by atoms with van der Waals surface area (Å²) in [6.07, 6.45) is 7.16. The highest BCUT2D eigenvalue weighted by atomic mass is 16.7. The molecule has 0 amide bonds. The first kappa shape index (κ1) is 27.7. The Morgan fingerprint density at radius 3 is 2.65 bits per heavy atom. The third-order valence-corrected chi connectivity index (χ3v) is 8.55. The number of nitrogens with zero attached hydrogens (tertiary/aromatic N) is 1. The number of nitrogens with two attached hydrogens (primary N) is 2. The van der Waals surface area contributed by atoms with E-state index in [-0.39, 0.29) is 49.3 Å². The van der Waals surface area contributed by atoms with Crippen LogP contribution >= 0.6 is 0 Å². The molecule has 2 saturated carbocycles. The number of aliphatic hydroxyl groups excluding tert-OH is 1. The lowest BCUT2D eigenvalue weighted by atomic mass is 9.61. The number of hydrogen-bond donors (Lipinski definition) is 5. The van der Waals surface area contributed by atoms with Gasteiger partial charge < -0.3 is 36.7 Å². The number of piperidine rings is 1. The molecule has 4 fully saturated rings. The largest absolute Gasteiger partial charge is 0.461 e. The number of fused-ring (bicyclic) bond motifs is 2. The fourth-order valence-electron chi connectivity index (χ4n) is 6.55. The molecule has 4 aliphatic rings. The first-order valence-electron chi connectivity index (χ1n) is 13.4. The number of epoxide rings is 1. The molecular weight excluding hydrogens is 478 g/mol. The topological polar surface area (TPSA) is 182 Å². The summed E-state index contributed by atoms with van der Waals surface area (Å²) in [5.41, 5.74) is 9.66. The van der Waals surface area contributed by atoms with Gasteiger partial charge in [0.15, 0.2) is 23.1 Å². The Kier molecular flexibility index (Phi) is 8.37. The van der Waals surface area contributed by atoms with Crippen LogP contribution < -0.4 is 22.1 Å². The van der Waals surface area contributed by atoms with E-state index in [1.165, 1.54) is 0 Å². The van der Waals surface area contributed by atoms with E-state index in [0.717, 1.165) is 37.8 Å². The zero-order valence-corrected chi connectivity index (χ0v) is 21.8. The molecule has 11 nitrogen and oxygen atoms in total. The fourth-order valence-corrected chi connectivity index (χ4v) is 6.55. The van der Waals surface area contributed by atoms with Gasteiger partial charge in [-0.15, -0.1) is 0 Å². The van der Waals surface area contributed by atoms with Crippen LogP contribution in [0.15, 0.2) is 16.6 Å². The van der Waals surface area contributed by atoms with Gasteiger partial charge in [-0.1, -0.05) is 24.5 Å². The van der Waals surface area contributed by atoms with Crippen molar-refractivity contribution in [3.63, 3.8) is 0 Å². The number of aliphatic hydroxyl groups is 1. The van der Waals surface area contributed by atoms with Gasteiger partial charge in [0.1, 0.15) is 6.61 Å². The number of aliphatic imine (C=N–C) groups is 1. The minimum absolute atomic E-state index is 0.0172. The lowest BCUT2D eigenvalue weighted by molar-refractivity contribution is -0.159. The van der Waals surface area contributed by atoms with Crippen molar-refractivity contribution in [2.24, 2.45) is 34.2 Å². The van der Waals surface area contributed by atoms with Crippen LogP contribution in [0.3, 0.4) is 0 Å². The van der Waals surface area contributed by atoms with Crippen LogP contribution in [0.2, 0.25) is 0 Å². The average Bonchev–Trinajstić information content (AvgIpc) is 3.61. The van der Waals surface area contributed by atoms with Crippen molar-refractivity contribution in [1.29, 1.82) is 0 Å². The molecule has 0 spiro atoms. The summed E-state index contributed by atoms with van der Waals surface area (Å²) in [5, 5.41) is 15.7. The molecule has 0 aromatic rings. The van der Waals surface area contributed by atoms with Crippen molar-refractivity contribution in [3.05, 3.63) is 11.6 Å². The van der Waals surface area contributed by atoms with Gasteiger partial charge in [-0.2, -0.15) is 0 Å². The molecule has 2 aliphatic carbocycles. The second-order valence-electron chi connectivity index (χ2n) is 10.9. The van der Waals surface area contributed by atoms with Crippen molar-refractivity contribution in [3.8, 4) is 0 Å². The number of Topliss-reactive ketones (excluding diaryl/α,β-unsaturated/α-hetero) is 2. The third-order valence-electron chi connectivity index (χ3n) is 8.55. The summed E-state index contributed by atoms with van der Waals surface area (Å²) in [6.45, 7) is 2.14. The number of guanidine groups is 1.